The molecule has 0 spiro atoms. The van der Waals surface area contributed by atoms with Crippen molar-refractivity contribution in [3.05, 3.63) is 70.7 Å². The maximum absolute atomic E-state index is 13.0. The molecule has 1 aromatic heterocycles. The van der Waals surface area contributed by atoms with E-state index in [1.165, 1.54) is 24.1 Å². The fraction of sp³-hybridized carbons (Fsp3) is 0.455. The van der Waals surface area contributed by atoms with E-state index < -0.39 is 16.0 Å². The summed E-state index contributed by atoms with van der Waals surface area (Å²) >= 11 is 0. The minimum absolute atomic E-state index is 0.0150. The van der Waals surface area contributed by atoms with E-state index in [1.807, 2.05) is 26.8 Å². The fourth-order valence-corrected chi connectivity index (χ4v) is 6.86. The largest absolute Gasteiger partial charge is 0.505 e. The van der Waals surface area contributed by atoms with E-state index in [9.17, 15) is 32.3 Å². The maximum atomic E-state index is 13.0. The van der Waals surface area contributed by atoms with Crippen LogP contribution in [0.4, 0.5) is 4.39 Å². The molecule has 12 heteroatoms. The number of methoxy groups -OCH3 is 1. The van der Waals surface area contributed by atoms with Gasteiger partial charge < -0.3 is 9.84 Å². The molecule has 5 rings (SSSR count). The molecule has 3 aromatic rings. The van der Waals surface area contributed by atoms with Gasteiger partial charge in [-0.3, -0.25) is 19.5 Å². The topological polar surface area (TPSA) is 134 Å². The number of phenols is 1. The molecule has 0 unspecified atom stereocenters. The zero-order valence-electron chi connectivity index (χ0n) is 26.3. The van der Waals surface area contributed by atoms with Crippen LogP contribution in [0.1, 0.15) is 79.9 Å². The molecule has 3 heterocycles. The molecular formula is C33H42FN3O7S. The van der Waals surface area contributed by atoms with Gasteiger partial charge in [0.1, 0.15) is 16.9 Å². The highest BCUT2D eigenvalue weighted by Crippen LogP contribution is 2.32. The van der Waals surface area contributed by atoms with Crippen molar-refractivity contribution in [1.82, 2.24) is 14.2 Å². The number of halogens is 1. The number of benzene rings is 2. The Bertz CT molecular complexity index is 1590. The Kier molecular flexibility index (Phi) is 13.0. The number of fused-ring (bicyclic) bond motifs is 1. The number of piperidine rings is 1. The molecule has 0 radical (unpaired) electrons. The van der Waals surface area contributed by atoms with Gasteiger partial charge in [0, 0.05) is 44.1 Å². The van der Waals surface area contributed by atoms with Crippen molar-refractivity contribution in [2.75, 3.05) is 32.5 Å². The number of carbonyl (C=O) groups excluding carboxylic acids is 3. The van der Waals surface area contributed by atoms with Gasteiger partial charge in [0.05, 0.1) is 12.9 Å². The van der Waals surface area contributed by atoms with Crippen molar-refractivity contribution in [3.63, 3.8) is 0 Å². The number of carbonyl (C=O) groups is 3. The predicted molar refractivity (Wildman–Crippen MR) is 170 cm³/mol. The quantitative estimate of drug-likeness (QED) is 0.293. The number of aromatic nitrogens is 1. The van der Waals surface area contributed by atoms with Crippen LogP contribution in [0.2, 0.25) is 0 Å². The van der Waals surface area contributed by atoms with Gasteiger partial charge in [0.2, 0.25) is 21.8 Å². The number of rotatable bonds is 6. The molecule has 2 amide bonds. The van der Waals surface area contributed by atoms with Crippen LogP contribution >= 0.6 is 0 Å². The first-order valence-corrected chi connectivity index (χ1v) is 16.8. The number of sulfonamides is 1. The number of esters is 1. The molecule has 10 nitrogen and oxygen atoms in total. The van der Waals surface area contributed by atoms with Gasteiger partial charge in [0.25, 0.3) is 0 Å². The number of likely N-dealkylation sites (tertiary alicyclic amines) is 1. The Balaban J connectivity index is 0.000000226. The van der Waals surface area contributed by atoms with Crippen molar-refractivity contribution in [3.8, 4) is 5.75 Å². The van der Waals surface area contributed by atoms with Crippen molar-refractivity contribution < 1.29 is 37.0 Å². The Morgan fingerprint density at radius 2 is 1.64 bits per heavy atom. The number of imide groups is 1. The predicted octanol–water partition coefficient (Wildman–Crippen LogP) is 5.00. The number of aromatic hydroxyl groups is 1. The molecule has 0 saturated carbocycles. The van der Waals surface area contributed by atoms with Crippen LogP contribution in [-0.2, 0) is 37.2 Å². The second-order valence-electron chi connectivity index (χ2n) is 10.7. The first-order valence-electron chi connectivity index (χ1n) is 15.2. The van der Waals surface area contributed by atoms with E-state index in [0.717, 1.165) is 47.9 Å². The summed E-state index contributed by atoms with van der Waals surface area (Å²) in [7, 11) is -1.57. The van der Waals surface area contributed by atoms with Crippen LogP contribution in [0.15, 0.2) is 42.6 Å². The van der Waals surface area contributed by atoms with Gasteiger partial charge in [0.15, 0.2) is 5.75 Å². The third-order valence-electron chi connectivity index (χ3n) is 7.70. The number of hydrogen-bond donors (Lipinski definition) is 1. The van der Waals surface area contributed by atoms with Crippen LogP contribution in [-0.4, -0.2) is 78.0 Å². The zero-order valence-corrected chi connectivity index (χ0v) is 27.2. The smallest absolute Gasteiger partial charge is 0.341 e. The third-order valence-corrected chi connectivity index (χ3v) is 9.73. The molecule has 0 atom stereocenters. The first kappa shape index (κ1) is 35.6. The second kappa shape index (κ2) is 16.4. The Hall–Kier alpha value is -3.90. The molecule has 2 fully saturated rings. The summed E-state index contributed by atoms with van der Waals surface area (Å²) in [5.74, 6) is -0.717. The van der Waals surface area contributed by atoms with Crippen molar-refractivity contribution in [2.24, 2.45) is 0 Å². The molecule has 0 bridgehead atoms. The standard InChI is InChI=1S/C20H18FNO3.C7H11NO2.C6H13NO2S/c1-3-14-10-17(20(24)25-2)19(23)18-16(14)9-13(11-22-18)8-12-4-6-15(21)7-5-12;1-2-8-6(9)4-3-5-7(8)10;1-2-7-5-3-4-6-10(7,8)9/h4-7,9-11,23H,3,8H2,1-2H3;2-5H2,1H3;2-6H2,1H3. The number of nitrogens with zero attached hydrogens (tertiary/aromatic N) is 3. The summed E-state index contributed by atoms with van der Waals surface area (Å²) in [4.78, 5) is 39.4. The SMILES string of the molecule is CCN1C(=O)CCCC1=O.CCN1CCCCS1(=O)=O.CCc1cc(C(=O)OC)c(O)c2ncc(Cc3ccc(F)cc3)cc12. The van der Waals surface area contributed by atoms with Crippen LogP contribution in [0.3, 0.4) is 0 Å². The summed E-state index contributed by atoms with van der Waals surface area (Å²) in [6, 6.07) is 9.92. The fourth-order valence-electron chi connectivity index (χ4n) is 5.23. The van der Waals surface area contributed by atoms with E-state index in [1.54, 1.807) is 28.7 Å². The number of aryl methyl sites for hydroxylation is 1. The van der Waals surface area contributed by atoms with Gasteiger partial charge >= 0.3 is 5.97 Å². The minimum atomic E-state index is -2.84. The maximum Gasteiger partial charge on any atom is 0.341 e. The van der Waals surface area contributed by atoms with Gasteiger partial charge in [-0.1, -0.05) is 26.0 Å². The Morgan fingerprint density at radius 3 is 2.16 bits per heavy atom. The lowest BCUT2D eigenvalue weighted by atomic mass is 9.98. The average molecular weight is 644 g/mol. The summed E-state index contributed by atoms with van der Waals surface area (Å²) < 4.78 is 41.6. The van der Waals surface area contributed by atoms with E-state index in [0.29, 0.717) is 50.0 Å². The van der Waals surface area contributed by atoms with Crippen LogP contribution in [0.5, 0.6) is 5.75 Å². The van der Waals surface area contributed by atoms with Crippen molar-refractivity contribution in [1.29, 1.82) is 0 Å². The number of amides is 2. The zero-order chi connectivity index (χ0) is 33.1. The molecule has 2 aliphatic heterocycles. The summed E-state index contributed by atoms with van der Waals surface area (Å²) in [5, 5.41) is 11.2. The van der Waals surface area contributed by atoms with Crippen LogP contribution < -0.4 is 0 Å². The highest BCUT2D eigenvalue weighted by Gasteiger charge is 2.24. The van der Waals surface area contributed by atoms with E-state index in [-0.39, 0.29) is 28.9 Å². The molecule has 244 valence electrons. The van der Waals surface area contributed by atoms with Gasteiger partial charge in [-0.2, -0.15) is 0 Å². The summed E-state index contributed by atoms with van der Waals surface area (Å²) in [5.41, 5.74) is 3.31. The highest BCUT2D eigenvalue weighted by atomic mass is 32.2. The van der Waals surface area contributed by atoms with Gasteiger partial charge in [-0.15, -0.1) is 0 Å². The molecule has 1 N–H and O–H groups in total. The molecular weight excluding hydrogens is 601 g/mol. The highest BCUT2D eigenvalue weighted by molar-refractivity contribution is 7.89. The van der Waals surface area contributed by atoms with E-state index in [2.05, 4.69) is 4.98 Å². The number of hydrogen-bond acceptors (Lipinski definition) is 8. The average Bonchev–Trinajstić information content (AvgIpc) is 3.02. The lowest BCUT2D eigenvalue weighted by molar-refractivity contribution is -0.147. The molecule has 45 heavy (non-hydrogen) atoms. The molecule has 2 saturated heterocycles. The third kappa shape index (κ3) is 9.30. The monoisotopic (exact) mass is 643 g/mol. The normalized spacial score (nSPS) is 16.3. The van der Waals surface area contributed by atoms with E-state index in [4.69, 9.17) is 4.74 Å². The number of phenolic OH excluding ortho intramolecular Hbond substituents is 1. The summed E-state index contributed by atoms with van der Waals surface area (Å²) in [6.45, 7) is 7.54. The molecule has 0 aliphatic carbocycles. The molecule has 2 aliphatic rings. The lowest BCUT2D eigenvalue weighted by Gasteiger charge is -2.24. The Labute approximate surface area is 264 Å². The Morgan fingerprint density at radius 1 is 0.978 bits per heavy atom. The minimum Gasteiger partial charge on any atom is -0.505 e. The summed E-state index contributed by atoms with van der Waals surface area (Å²) in [6.07, 6.45) is 6.61. The van der Waals surface area contributed by atoms with Crippen molar-refractivity contribution in [2.45, 2.75) is 65.7 Å². The van der Waals surface area contributed by atoms with E-state index >= 15 is 0 Å². The molecule has 2 aromatic carbocycles. The first-order chi connectivity index (χ1) is 21.4. The van der Waals surface area contributed by atoms with Crippen LogP contribution in [0, 0.1) is 5.82 Å². The van der Waals surface area contributed by atoms with Crippen molar-refractivity contribution >= 4 is 38.7 Å². The lowest BCUT2D eigenvalue weighted by Crippen LogP contribution is -2.39. The number of ether oxygens (including phenoxy) is 1. The van der Waals surface area contributed by atoms with Gasteiger partial charge in [-0.05, 0) is 80.0 Å². The number of pyridine rings is 1. The van der Waals surface area contributed by atoms with Gasteiger partial charge in [-0.25, -0.2) is 21.9 Å². The second-order valence-corrected chi connectivity index (χ2v) is 12.8. The van der Waals surface area contributed by atoms with Crippen LogP contribution in [0.25, 0.3) is 10.9 Å².